The molecule has 1 fully saturated rings. The molecule has 1 aromatic heterocycles. The van der Waals surface area contributed by atoms with Crippen molar-refractivity contribution in [3.8, 4) is 0 Å². The molecule has 0 radical (unpaired) electrons. The number of anilines is 1. The maximum Gasteiger partial charge on any atom is 0.191 e. The molecule has 1 atom stereocenters. The Bertz CT molecular complexity index is 835. The number of nitrogens with zero attached hydrogens (tertiary/aromatic N) is 4. The van der Waals surface area contributed by atoms with Crippen LogP contribution in [0.5, 0.6) is 0 Å². The van der Waals surface area contributed by atoms with Crippen molar-refractivity contribution in [3.05, 3.63) is 47.8 Å². The predicted octanol–water partition coefficient (Wildman–Crippen LogP) is 3.94. The number of hydrogen-bond donors (Lipinski definition) is 2. The Balaban J connectivity index is 0.00000320. The fourth-order valence-corrected chi connectivity index (χ4v) is 3.91. The molecule has 3 rings (SSSR count). The number of guanidine groups is 1. The summed E-state index contributed by atoms with van der Waals surface area (Å²) < 4.78 is 15.6. The van der Waals surface area contributed by atoms with E-state index in [4.69, 9.17) is 0 Å². The van der Waals surface area contributed by atoms with Gasteiger partial charge in [-0.25, -0.2) is 9.37 Å². The van der Waals surface area contributed by atoms with Crippen molar-refractivity contribution < 1.29 is 4.39 Å². The zero-order chi connectivity index (χ0) is 20.8. The van der Waals surface area contributed by atoms with Gasteiger partial charge < -0.3 is 20.1 Å². The van der Waals surface area contributed by atoms with E-state index in [0.29, 0.717) is 12.5 Å². The molecular weight excluding hydrogens is 494 g/mol. The topological polar surface area (TPSA) is 57.5 Å². The fourth-order valence-electron chi connectivity index (χ4n) is 3.91. The molecule has 6 nitrogen and oxygen atoms in total. The standard InChI is InChI=1S/C22H33FN6.HI/c1-16(2)14-29-11-9-25-21(29)13-26-22(24-4)27-19-6-5-10-28(15-19)20-8-7-18(23)12-17(20)3;/h7-9,11-12,16,19H,5-6,10,13-15H2,1-4H3,(H2,24,26,27);1H. The molecule has 1 saturated heterocycles. The van der Waals surface area contributed by atoms with E-state index in [-0.39, 0.29) is 35.8 Å². The van der Waals surface area contributed by atoms with E-state index >= 15 is 0 Å². The Morgan fingerprint density at radius 2 is 2.17 bits per heavy atom. The largest absolute Gasteiger partial charge is 0.369 e. The minimum absolute atomic E-state index is 0. The lowest BCUT2D eigenvalue weighted by atomic mass is 10.0. The molecule has 0 amide bonds. The van der Waals surface area contributed by atoms with Crippen LogP contribution in [0.25, 0.3) is 0 Å². The van der Waals surface area contributed by atoms with Crippen LogP contribution in [-0.4, -0.2) is 41.7 Å². The molecule has 2 heterocycles. The van der Waals surface area contributed by atoms with Gasteiger partial charge in [-0.05, 0) is 49.4 Å². The van der Waals surface area contributed by atoms with Crippen LogP contribution < -0.4 is 15.5 Å². The number of benzene rings is 1. The van der Waals surface area contributed by atoms with E-state index in [0.717, 1.165) is 55.5 Å². The van der Waals surface area contributed by atoms with E-state index in [2.05, 4.69) is 43.9 Å². The number of piperidine rings is 1. The van der Waals surface area contributed by atoms with E-state index in [9.17, 15) is 4.39 Å². The Labute approximate surface area is 196 Å². The highest BCUT2D eigenvalue weighted by molar-refractivity contribution is 14.0. The van der Waals surface area contributed by atoms with E-state index < -0.39 is 0 Å². The SMILES string of the molecule is CN=C(NCc1nccn1CC(C)C)NC1CCCN(c2ccc(F)cc2C)C1.I. The van der Waals surface area contributed by atoms with Crippen molar-refractivity contribution in [2.75, 3.05) is 25.0 Å². The highest BCUT2D eigenvalue weighted by atomic mass is 127. The summed E-state index contributed by atoms with van der Waals surface area (Å²) in [5, 5.41) is 6.94. The Morgan fingerprint density at radius 3 is 2.87 bits per heavy atom. The summed E-state index contributed by atoms with van der Waals surface area (Å²) in [6.07, 6.45) is 6.04. The third kappa shape index (κ3) is 6.58. The van der Waals surface area contributed by atoms with Crippen molar-refractivity contribution in [1.82, 2.24) is 20.2 Å². The summed E-state index contributed by atoms with van der Waals surface area (Å²) in [6.45, 7) is 9.82. The second kappa shape index (κ2) is 11.5. The molecule has 2 N–H and O–H groups in total. The zero-order valence-electron chi connectivity index (χ0n) is 18.4. The van der Waals surface area contributed by atoms with Crippen LogP contribution >= 0.6 is 24.0 Å². The van der Waals surface area contributed by atoms with Gasteiger partial charge in [-0.2, -0.15) is 0 Å². The summed E-state index contributed by atoms with van der Waals surface area (Å²) in [4.78, 5) is 11.2. The van der Waals surface area contributed by atoms with Gasteiger partial charge in [0.1, 0.15) is 11.6 Å². The smallest absolute Gasteiger partial charge is 0.191 e. The number of aromatic nitrogens is 2. The molecule has 1 aliphatic rings. The van der Waals surface area contributed by atoms with Gasteiger partial charge >= 0.3 is 0 Å². The van der Waals surface area contributed by atoms with Crippen LogP contribution in [0.15, 0.2) is 35.6 Å². The Hall–Kier alpha value is -1.84. The average molecular weight is 528 g/mol. The van der Waals surface area contributed by atoms with Gasteiger partial charge in [0, 0.05) is 50.8 Å². The summed E-state index contributed by atoms with van der Waals surface area (Å²) in [6, 6.07) is 5.31. The summed E-state index contributed by atoms with van der Waals surface area (Å²) in [5.74, 6) is 2.18. The van der Waals surface area contributed by atoms with Gasteiger partial charge in [0.25, 0.3) is 0 Å². The van der Waals surface area contributed by atoms with Crippen LogP contribution in [0, 0.1) is 18.7 Å². The van der Waals surface area contributed by atoms with Crippen molar-refractivity contribution in [1.29, 1.82) is 0 Å². The summed E-state index contributed by atoms with van der Waals surface area (Å²) in [7, 11) is 1.79. The highest BCUT2D eigenvalue weighted by Crippen LogP contribution is 2.24. The molecule has 0 spiro atoms. The molecule has 166 valence electrons. The van der Waals surface area contributed by atoms with E-state index in [1.54, 1.807) is 19.2 Å². The molecular formula is C22H34FIN6. The van der Waals surface area contributed by atoms with Crippen LogP contribution in [0.2, 0.25) is 0 Å². The molecule has 0 saturated carbocycles. The number of rotatable bonds is 6. The van der Waals surface area contributed by atoms with Crippen molar-refractivity contribution in [2.45, 2.75) is 52.7 Å². The monoisotopic (exact) mass is 528 g/mol. The second-order valence-corrected chi connectivity index (χ2v) is 8.18. The Morgan fingerprint density at radius 1 is 1.37 bits per heavy atom. The molecule has 1 aliphatic heterocycles. The van der Waals surface area contributed by atoms with Crippen LogP contribution in [0.4, 0.5) is 10.1 Å². The number of imidazole rings is 1. The van der Waals surface area contributed by atoms with Gasteiger partial charge in [-0.15, -0.1) is 24.0 Å². The van der Waals surface area contributed by atoms with Gasteiger partial charge in [-0.1, -0.05) is 13.8 Å². The molecule has 30 heavy (non-hydrogen) atoms. The molecule has 0 aliphatic carbocycles. The number of nitrogens with one attached hydrogen (secondary N) is 2. The predicted molar refractivity (Wildman–Crippen MR) is 132 cm³/mol. The lowest BCUT2D eigenvalue weighted by Crippen LogP contribution is -2.51. The number of halogens is 2. The first-order valence-corrected chi connectivity index (χ1v) is 10.4. The molecule has 8 heteroatoms. The van der Waals surface area contributed by atoms with E-state index in [1.807, 2.05) is 25.4 Å². The highest BCUT2D eigenvalue weighted by Gasteiger charge is 2.22. The third-order valence-corrected chi connectivity index (χ3v) is 5.26. The van der Waals surface area contributed by atoms with Crippen molar-refractivity contribution >= 4 is 35.6 Å². The fraction of sp³-hybridized carbons (Fsp3) is 0.545. The molecule has 1 aromatic carbocycles. The quantitative estimate of drug-likeness (QED) is 0.339. The van der Waals surface area contributed by atoms with Crippen molar-refractivity contribution in [2.24, 2.45) is 10.9 Å². The lowest BCUT2D eigenvalue weighted by Gasteiger charge is -2.36. The third-order valence-electron chi connectivity index (χ3n) is 5.26. The van der Waals surface area contributed by atoms with Gasteiger partial charge in [-0.3, -0.25) is 4.99 Å². The van der Waals surface area contributed by atoms with Gasteiger partial charge in [0.05, 0.1) is 6.54 Å². The normalized spacial score (nSPS) is 17.1. The van der Waals surface area contributed by atoms with Crippen LogP contribution in [0.1, 0.15) is 38.1 Å². The number of aryl methyl sites for hydroxylation is 1. The molecule has 0 bridgehead atoms. The first-order valence-electron chi connectivity index (χ1n) is 10.4. The minimum Gasteiger partial charge on any atom is -0.369 e. The lowest BCUT2D eigenvalue weighted by molar-refractivity contribution is 0.465. The summed E-state index contributed by atoms with van der Waals surface area (Å²) >= 11 is 0. The second-order valence-electron chi connectivity index (χ2n) is 8.18. The first-order chi connectivity index (χ1) is 14.0. The Kier molecular flexibility index (Phi) is 9.38. The van der Waals surface area contributed by atoms with Crippen LogP contribution in [-0.2, 0) is 13.1 Å². The first kappa shape index (κ1) is 24.4. The average Bonchev–Trinajstić information content (AvgIpc) is 3.11. The van der Waals surface area contributed by atoms with E-state index in [1.165, 1.54) is 0 Å². The summed E-state index contributed by atoms with van der Waals surface area (Å²) in [5.41, 5.74) is 2.08. The minimum atomic E-state index is -0.182. The van der Waals surface area contributed by atoms with Crippen LogP contribution in [0.3, 0.4) is 0 Å². The number of hydrogen-bond acceptors (Lipinski definition) is 3. The maximum atomic E-state index is 13.4. The maximum absolute atomic E-state index is 13.4. The molecule has 1 unspecified atom stereocenters. The number of aliphatic imine (C=N–C) groups is 1. The zero-order valence-corrected chi connectivity index (χ0v) is 20.7. The van der Waals surface area contributed by atoms with Crippen molar-refractivity contribution in [3.63, 3.8) is 0 Å². The van der Waals surface area contributed by atoms with Gasteiger partial charge in [0.2, 0.25) is 0 Å². The molecule has 2 aromatic rings. The van der Waals surface area contributed by atoms with Gasteiger partial charge in [0.15, 0.2) is 5.96 Å².